The van der Waals surface area contributed by atoms with E-state index >= 15 is 0 Å². The first-order valence-electron chi connectivity index (χ1n) is 7.96. The molecule has 0 aliphatic rings. The highest BCUT2D eigenvalue weighted by Crippen LogP contribution is 2.27. The quantitative estimate of drug-likeness (QED) is 0.547. The Hall–Kier alpha value is -3.26. The predicted octanol–water partition coefficient (Wildman–Crippen LogP) is 3.21. The molecule has 0 bridgehead atoms. The maximum atomic E-state index is 12.5. The fourth-order valence-electron chi connectivity index (χ4n) is 2.78. The summed E-state index contributed by atoms with van der Waals surface area (Å²) in [4.78, 5) is 39.2. The number of aryl methyl sites for hydroxylation is 2. The van der Waals surface area contributed by atoms with Gasteiger partial charge in [0.25, 0.3) is 11.2 Å². The molecule has 0 unspecified atom stereocenters. The Bertz CT molecular complexity index is 1120. The summed E-state index contributed by atoms with van der Waals surface area (Å²) in [5, 5.41) is 14.1. The van der Waals surface area contributed by atoms with E-state index in [1.54, 1.807) is 6.07 Å². The lowest BCUT2D eigenvalue weighted by Gasteiger charge is -2.12. The highest BCUT2D eigenvalue weighted by atomic mass is 35.5. The molecule has 138 valence electrons. The number of nitro benzene ring substituents is 1. The second-order valence-electron chi connectivity index (χ2n) is 6.12. The summed E-state index contributed by atoms with van der Waals surface area (Å²) in [6, 6.07) is 7.40. The lowest BCUT2D eigenvalue weighted by molar-refractivity contribution is -0.384. The van der Waals surface area contributed by atoms with E-state index in [4.69, 9.17) is 11.6 Å². The molecule has 0 aliphatic heterocycles. The topological polar surface area (TPSA) is 107 Å². The molecule has 3 rings (SSSR count). The number of aromatic nitrogens is 2. The molecule has 0 fully saturated rings. The standard InChI is InChI=1S/C18H15ClN4O4/c1-10-5-11(2)17(14(19)6-10)21-16(24)8-22-9-20-15-7-12(23(26)27)3-4-13(15)18(22)25/h3-7,9H,8H2,1-2H3,(H,21,24). The van der Waals surface area contributed by atoms with E-state index in [1.807, 2.05) is 19.9 Å². The van der Waals surface area contributed by atoms with Crippen LogP contribution >= 0.6 is 11.6 Å². The minimum absolute atomic E-state index is 0.158. The van der Waals surface area contributed by atoms with Crippen molar-refractivity contribution in [1.82, 2.24) is 9.55 Å². The molecule has 1 heterocycles. The largest absolute Gasteiger partial charge is 0.323 e. The average molecular weight is 387 g/mol. The number of halogens is 1. The molecule has 1 aromatic heterocycles. The molecule has 2 aromatic carbocycles. The first-order chi connectivity index (χ1) is 12.8. The molecular formula is C18H15ClN4O4. The van der Waals surface area contributed by atoms with Crippen molar-refractivity contribution in [2.75, 3.05) is 5.32 Å². The Morgan fingerprint density at radius 3 is 2.70 bits per heavy atom. The van der Waals surface area contributed by atoms with E-state index in [-0.39, 0.29) is 23.1 Å². The van der Waals surface area contributed by atoms with Crippen LogP contribution in [-0.2, 0) is 11.3 Å². The van der Waals surface area contributed by atoms with E-state index in [0.717, 1.165) is 15.7 Å². The number of non-ortho nitro benzene ring substituents is 1. The third-order valence-corrected chi connectivity index (χ3v) is 4.33. The number of carbonyl (C=O) groups excluding carboxylic acids is 1. The van der Waals surface area contributed by atoms with Crippen molar-refractivity contribution >= 4 is 39.8 Å². The molecule has 0 atom stereocenters. The lowest BCUT2D eigenvalue weighted by Crippen LogP contribution is -2.28. The van der Waals surface area contributed by atoms with E-state index in [1.165, 1.54) is 24.5 Å². The molecular weight excluding hydrogens is 372 g/mol. The van der Waals surface area contributed by atoms with Gasteiger partial charge in [0.05, 0.1) is 32.9 Å². The number of carbonyl (C=O) groups is 1. The van der Waals surface area contributed by atoms with Crippen molar-refractivity contribution in [3.05, 3.63) is 73.3 Å². The monoisotopic (exact) mass is 386 g/mol. The zero-order valence-electron chi connectivity index (χ0n) is 14.5. The van der Waals surface area contributed by atoms with Crippen LogP contribution in [0.2, 0.25) is 5.02 Å². The van der Waals surface area contributed by atoms with Gasteiger partial charge in [-0.25, -0.2) is 4.98 Å². The molecule has 3 aromatic rings. The summed E-state index contributed by atoms with van der Waals surface area (Å²) in [5.41, 5.74) is 1.85. The normalized spacial score (nSPS) is 10.8. The molecule has 1 N–H and O–H groups in total. The van der Waals surface area contributed by atoms with Crippen molar-refractivity contribution in [2.24, 2.45) is 0 Å². The van der Waals surface area contributed by atoms with Gasteiger partial charge in [0.1, 0.15) is 6.54 Å². The number of nitrogens with zero attached hydrogens (tertiary/aromatic N) is 3. The molecule has 1 amide bonds. The van der Waals surface area contributed by atoms with Crippen LogP contribution in [0, 0.1) is 24.0 Å². The third kappa shape index (κ3) is 3.80. The zero-order chi connectivity index (χ0) is 19.7. The van der Waals surface area contributed by atoms with Crippen LogP contribution in [0.1, 0.15) is 11.1 Å². The number of benzene rings is 2. The fourth-order valence-corrected chi connectivity index (χ4v) is 3.15. The molecule has 0 saturated heterocycles. The summed E-state index contributed by atoms with van der Waals surface area (Å²) < 4.78 is 1.14. The van der Waals surface area contributed by atoms with Gasteiger partial charge in [-0.15, -0.1) is 0 Å². The lowest BCUT2D eigenvalue weighted by atomic mass is 10.1. The number of hydrogen-bond donors (Lipinski definition) is 1. The number of fused-ring (bicyclic) bond motifs is 1. The van der Waals surface area contributed by atoms with E-state index < -0.39 is 16.4 Å². The molecule has 0 saturated carbocycles. The molecule has 8 nitrogen and oxygen atoms in total. The van der Waals surface area contributed by atoms with Crippen LogP contribution in [0.15, 0.2) is 41.5 Å². The Balaban J connectivity index is 1.87. The van der Waals surface area contributed by atoms with Crippen LogP contribution in [-0.4, -0.2) is 20.4 Å². The number of hydrogen-bond acceptors (Lipinski definition) is 5. The Morgan fingerprint density at radius 2 is 2.04 bits per heavy atom. The molecule has 27 heavy (non-hydrogen) atoms. The van der Waals surface area contributed by atoms with Gasteiger partial charge < -0.3 is 5.32 Å². The van der Waals surface area contributed by atoms with Gasteiger partial charge in [-0.05, 0) is 37.1 Å². The van der Waals surface area contributed by atoms with Gasteiger partial charge in [0, 0.05) is 12.1 Å². The summed E-state index contributed by atoms with van der Waals surface area (Å²) in [6.45, 7) is 3.46. The zero-order valence-corrected chi connectivity index (χ0v) is 15.3. The minimum Gasteiger partial charge on any atom is -0.323 e. The minimum atomic E-state index is -0.562. The Kier molecular flexibility index (Phi) is 4.91. The SMILES string of the molecule is Cc1cc(C)c(NC(=O)Cn2cnc3cc([N+](=O)[O-])ccc3c2=O)c(Cl)c1. The number of nitrogens with one attached hydrogen (secondary N) is 1. The van der Waals surface area contributed by atoms with E-state index in [2.05, 4.69) is 10.3 Å². The number of anilines is 1. The van der Waals surface area contributed by atoms with Gasteiger partial charge in [0.2, 0.25) is 5.91 Å². The fraction of sp³-hybridized carbons (Fsp3) is 0.167. The second-order valence-corrected chi connectivity index (χ2v) is 6.53. The number of rotatable bonds is 4. The van der Waals surface area contributed by atoms with Crippen LogP contribution in [0.4, 0.5) is 11.4 Å². The molecule has 0 aliphatic carbocycles. The van der Waals surface area contributed by atoms with Crippen molar-refractivity contribution < 1.29 is 9.72 Å². The number of nitro groups is 1. The van der Waals surface area contributed by atoms with Crippen LogP contribution in [0.25, 0.3) is 10.9 Å². The third-order valence-electron chi connectivity index (χ3n) is 4.03. The van der Waals surface area contributed by atoms with Crippen LogP contribution in [0.3, 0.4) is 0 Å². The van der Waals surface area contributed by atoms with Gasteiger partial charge >= 0.3 is 0 Å². The van der Waals surface area contributed by atoms with E-state index in [9.17, 15) is 19.7 Å². The van der Waals surface area contributed by atoms with Crippen molar-refractivity contribution in [3.63, 3.8) is 0 Å². The summed E-state index contributed by atoms with van der Waals surface area (Å²) >= 11 is 6.18. The first kappa shape index (κ1) is 18.5. The van der Waals surface area contributed by atoms with Gasteiger partial charge in [-0.2, -0.15) is 0 Å². The summed E-state index contributed by atoms with van der Waals surface area (Å²) in [6.07, 6.45) is 1.19. The van der Waals surface area contributed by atoms with E-state index in [0.29, 0.717) is 10.7 Å². The van der Waals surface area contributed by atoms with Crippen LogP contribution < -0.4 is 10.9 Å². The molecule has 9 heteroatoms. The van der Waals surface area contributed by atoms with Crippen LogP contribution in [0.5, 0.6) is 0 Å². The highest BCUT2D eigenvalue weighted by molar-refractivity contribution is 6.34. The van der Waals surface area contributed by atoms with Gasteiger partial charge in [0.15, 0.2) is 0 Å². The van der Waals surface area contributed by atoms with Gasteiger partial charge in [-0.3, -0.25) is 24.3 Å². The average Bonchev–Trinajstić information content (AvgIpc) is 2.60. The maximum Gasteiger partial charge on any atom is 0.271 e. The van der Waals surface area contributed by atoms with Crippen molar-refractivity contribution in [1.29, 1.82) is 0 Å². The maximum absolute atomic E-state index is 12.5. The summed E-state index contributed by atoms with van der Waals surface area (Å²) in [5.74, 6) is -0.436. The van der Waals surface area contributed by atoms with Gasteiger partial charge in [-0.1, -0.05) is 17.7 Å². The smallest absolute Gasteiger partial charge is 0.271 e. The molecule has 0 radical (unpaired) electrons. The Morgan fingerprint density at radius 1 is 1.30 bits per heavy atom. The second kappa shape index (κ2) is 7.16. The van der Waals surface area contributed by atoms with Crippen molar-refractivity contribution in [2.45, 2.75) is 20.4 Å². The highest BCUT2D eigenvalue weighted by Gasteiger charge is 2.14. The number of amides is 1. The van der Waals surface area contributed by atoms with Crippen molar-refractivity contribution in [3.8, 4) is 0 Å². The Labute approximate surface area is 158 Å². The predicted molar refractivity (Wildman–Crippen MR) is 102 cm³/mol. The summed E-state index contributed by atoms with van der Waals surface area (Å²) in [7, 11) is 0. The molecule has 0 spiro atoms. The first-order valence-corrected chi connectivity index (χ1v) is 8.34.